The third-order valence-corrected chi connectivity index (χ3v) is 4.56. The molecule has 3 rings (SSSR count). The number of aromatic nitrogens is 2. The Balaban J connectivity index is 1.70. The van der Waals surface area contributed by atoms with Crippen molar-refractivity contribution < 1.29 is 19.0 Å². The van der Waals surface area contributed by atoms with Crippen molar-refractivity contribution in [3.63, 3.8) is 0 Å². The Morgan fingerprint density at radius 3 is 2.50 bits per heavy atom. The predicted molar refractivity (Wildman–Crippen MR) is 109 cm³/mol. The zero-order valence-electron chi connectivity index (χ0n) is 16.8. The highest BCUT2D eigenvalue weighted by Gasteiger charge is 2.13. The molecule has 0 saturated heterocycles. The highest BCUT2D eigenvalue weighted by atomic mass is 16.5. The van der Waals surface area contributed by atoms with E-state index in [1.807, 2.05) is 18.2 Å². The number of carbonyl (C=O) groups excluding carboxylic acids is 1. The molecule has 0 radical (unpaired) electrons. The molecule has 3 aromatic rings. The maximum Gasteiger partial charge on any atom is 0.306 e. The number of rotatable bonds is 8. The Kier molecular flexibility index (Phi) is 6.65. The molecule has 0 spiro atoms. The zero-order chi connectivity index (χ0) is 21.5. The van der Waals surface area contributed by atoms with Crippen LogP contribution in [0, 0.1) is 11.3 Å². The number of carbonyl (C=O) groups is 1. The molecule has 0 aliphatic carbocycles. The van der Waals surface area contributed by atoms with Crippen LogP contribution in [0.1, 0.15) is 17.8 Å². The van der Waals surface area contributed by atoms with Crippen LogP contribution in [-0.4, -0.2) is 29.7 Å². The highest BCUT2D eigenvalue weighted by Crippen LogP contribution is 2.23. The van der Waals surface area contributed by atoms with Crippen molar-refractivity contribution in [3.8, 4) is 17.6 Å². The van der Waals surface area contributed by atoms with Gasteiger partial charge in [0, 0.05) is 12.5 Å². The molecule has 1 aromatic heterocycles. The molecular weight excluding hydrogens is 386 g/mol. The van der Waals surface area contributed by atoms with E-state index < -0.39 is 5.97 Å². The van der Waals surface area contributed by atoms with Crippen LogP contribution >= 0.6 is 0 Å². The lowest BCUT2D eigenvalue weighted by atomic mass is 10.1. The summed E-state index contributed by atoms with van der Waals surface area (Å²) in [4.78, 5) is 29.3. The van der Waals surface area contributed by atoms with Gasteiger partial charge in [-0.25, -0.2) is 4.98 Å². The molecule has 0 amide bonds. The van der Waals surface area contributed by atoms with Crippen LogP contribution in [0.25, 0.3) is 10.9 Å². The summed E-state index contributed by atoms with van der Waals surface area (Å²) in [5.74, 6) is 1.07. The lowest BCUT2D eigenvalue weighted by molar-refractivity contribution is -0.145. The molecule has 0 aliphatic rings. The molecule has 0 saturated carbocycles. The maximum atomic E-state index is 12.6. The first-order chi connectivity index (χ1) is 14.5. The number of ether oxygens (including phenoxy) is 3. The molecular formula is C22H21N3O5. The van der Waals surface area contributed by atoms with E-state index in [4.69, 9.17) is 19.5 Å². The Bertz CT molecular complexity index is 1140. The molecule has 0 N–H and O–H groups in total. The number of para-hydroxylation sites is 1. The minimum absolute atomic E-state index is 0.131. The van der Waals surface area contributed by atoms with Crippen molar-refractivity contribution in [2.75, 3.05) is 14.2 Å². The largest absolute Gasteiger partial charge is 0.497 e. The summed E-state index contributed by atoms with van der Waals surface area (Å²) in [7, 11) is 3.12. The first kappa shape index (κ1) is 20.9. The van der Waals surface area contributed by atoms with Crippen LogP contribution in [0.4, 0.5) is 0 Å². The van der Waals surface area contributed by atoms with Crippen LogP contribution in [0.15, 0.2) is 47.3 Å². The van der Waals surface area contributed by atoms with Crippen LogP contribution in [0.2, 0.25) is 0 Å². The van der Waals surface area contributed by atoms with Crippen molar-refractivity contribution >= 4 is 16.9 Å². The Labute approximate surface area is 173 Å². The van der Waals surface area contributed by atoms with Crippen LogP contribution < -0.4 is 15.0 Å². The normalized spacial score (nSPS) is 10.4. The molecule has 154 valence electrons. The third-order valence-electron chi connectivity index (χ3n) is 4.56. The number of fused-ring (bicyclic) bond motifs is 1. The van der Waals surface area contributed by atoms with Gasteiger partial charge in [0.05, 0.1) is 31.2 Å². The third kappa shape index (κ3) is 4.75. The molecule has 0 aliphatic heterocycles. The summed E-state index contributed by atoms with van der Waals surface area (Å²) in [6.45, 7) is -0.366. The first-order valence-electron chi connectivity index (χ1n) is 9.28. The van der Waals surface area contributed by atoms with Crippen LogP contribution in [0.5, 0.6) is 11.5 Å². The molecule has 0 unspecified atom stereocenters. The van der Waals surface area contributed by atoms with Gasteiger partial charge in [0.2, 0.25) is 0 Å². The van der Waals surface area contributed by atoms with E-state index in [1.54, 1.807) is 44.6 Å². The van der Waals surface area contributed by atoms with E-state index >= 15 is 0 Å². The summed E-state index contributed by atoms with van der Waals surface area (Å²) in [5, 5.41) is 9.46. The summed E-state index contributed by atoms with van der Waals surface area (Å²) in [5.41, 5.74) is 1.02. The van der Waals surface area contributed by atoms with Crippen molar-refractivity contribution in [3.05, 3.63) is 64.2 Å². The molecule has 0 bridgehead atoms. The van der Waals surface area contributed by atoms with E-state index in [1.165, 1.54) is 4.57 Å². The van der Waals surface area contributed by atoms with E-state index in [9.17, 15) is 9.59 Å². The number of hydrogen-bond donors (Lipinski definition) is 0. The van der Waals surface area contributed by atoms with Gasteiger partial charge in [0.1, 0.15) is 24.7 Å². The lowest BCUT2D eigenvalue weighted by Crippen LogP contribution is -2.26. The van der Waals surface area contributed by atoms with Gasteiger partial charge < -0.3 is 14.2 Å². The van der Waals surface area contributed by atoms with Crippen molar-refractivity contribution in [2.24, 2.45) is 0 Å². The van der Waals surface area contributed by atoms with Gasteiger partial charge in [-0.15, -0.1) is 0 Å². The van der Waals surface area contributed by atoms with E-state index in [0.29, 0.717) is 28.8 Å². The number of nitriles is 1. The fourth-order valence-corrected chi connectivity index (χ4v) is 3.03. The van der Waals surface area contributed by atoms with Gasteiger partial charge >= 0.3 is 5.97 Å². The lowest BCUT2D eigenvalue weighted by Gasteiger charge is -2.11. The monoisotopic (exact) mass is 407 g/mol. The number of nitrogens with zero attached hydrogens (tertiary/aromatic N) is 3. The average Bonchev–Trinajstić information content (AvgIpc) is 2.78. The second-order valence-electron chi connectivity index (χ2n) is 6.48. The van der Waals surface area contributed by atoms with Gasteiger partial charge in [0.25, 0.3) is 5.56 Å². The van der Waals surface area contributed by atoms with Crippen LogP contribution in [0.3, 0.4) is 0 Å². The smallest absolute Gasteiger partial charge is 0.306 e. The SMILES string of the molecule is COc1cc(CCC(=O)OCc2nc3ccccc3c(=O)n2CC#N)cc(OC)c1. The van der Waals surface area contributed by atoms with Crippen molar-refractivity contribution in [1.82, 2.24) is 9.55 Å². The fraction of sp³-hybridized carbons (Fsp3) is 0.273. The molecule has 0 atom stereocenters. The second-order valence-corrected chi connectivity index (χ2v) is 6.48. The van der Waals surface area contributed by atoms with Gasteiger partial charge in [-0.05, 0) is 36.2 Å². The molecule has 0 fully saturated rings. The number of benzene rings is 2. The summed E-state index contributed by atoms with van der Waals surface area (Å²) >= 11 is 0. The minimum Gasteiger partial charge on any atom is -0.497 e. The zero-order valence-corrected chi connectivity index (χ0v) is 16.8. The summed E-state index contributed by atoms with van der Waals surface area (Å²) < 4.78 is 17.0. The quantitative estimate of drug-likeness (QED) is 0.529. The minimum atomic E-state index is -0.442. The average molecular weight is 407 g/mol. The summed E-state index contributed by atoms with van der Waals surface area (Å²) in [6.07, 6.45) is 0.564. The maximum absolute atomic E-state index is 12.6. The van der Waals surface area contributed by atoms with Gasteiger partial charge in [0.15, 0.2) is 5.82 Å². The fourth-order valence-electron chi connectivity index (χ4n) is 3.03. The van der Waals surface area contributed by atoms with E-state index in [0.717, 1.165) is 5.56 Å². The predicted octanol–water partition coefficient (Wildman–Crippen LogP) is 2.61. The van der Waals surface area contributed by atoms with E-state index in [2.05, 4.69) is 4.98 Å². The molecule has 30 heavy (non-hydrogen) atoms. The molecule has 1 heterocycles. The number of methoxy groups -OCH3 is 2. The second kappa shape index (κ2) is 9.56. The topological polar surface area (TPSA) is 103 Å². The highest BCUT2D eigenvalue weighted by molar-refractivity contribution is 5.77. The standard InChI is InChI=1S/C22H21N3O5/c1-28-16-11-15(12-17(13-16)29-2)7-8-21(26)30-14-20-24-19-6-4-3-5-18(19)22(27)25(20)10-9-23/h3-6,11-13H,7-8,10,14H2,1-2H3. The Morgan fingerprint density at radius 2 is 1.83 bits per heavy atom. The van der Waals surface area contributed by atoms with Crippen molar-refractivity contribution in [2.45, 2.75) is 26.0 Å². The van der Waals surface area contributed by atoms with Crippen molar-refractivity contribution in [1.29, 1.82) is 5.26 Å². The molecule has 8 nitrogen and oxygen atoms in total. The Morgan fingerprint density at radius 1 is 1.13 bits per heavy atom. The molecule has 8 heteroatoms. The Hall–Kier alpha value is -3.86. The van der Waals surface area contributed by atoms with Crippen LogP contribution in [-0.2, 0) is 29.1 Å². The number of esters is 1. The van der Waals surface area contributed by atoms with E-state index in [-0.39, 0.29) is 31.0 Å². The van der Waals surface area contributed by atoms with Gasteiger partial charge in [-0.3, -0.25) is 14.2 Å². The van der Waals surface area contributed by atoms with Gasteiger partial charge in [-0.2, -0.15) is 5.26 Å². The van der Waals surface area contributed by atoms with Gasteiger partial charge in [-0.1, -0.05) is 12.1 Å². The first-order valence-corrected chi connectivity index (χ1v) is 9.28. The number of aryl methyl sites for hydroxylation is 1. The number of hydrogen-bond acceptors (Lipinski definition) is 7. The summed E-state index contributed by atoms with van der Waals surface area (Å²) in [6, 6.07) is 14.2. The molecule has 2 aromatic carbocycles.